The van der Waals surface area contributed by atoms with Crippen LogP contribution >= 0.6 is 0 Å². The molecule has 0 amide bonds. The molecule has 1 aromatic carbocycles. The molecule has 0 aromatic heterocycles. The van der Waals surface area contributed by atoms with E-state index in [0.29, 0.717) is 5.41 Å². The molecule has 0 saturated heterocycles. The number of rotatable bonds is 3. The molecule has 1 fully saturated rings. The predicted octanol–water partition coefficient (Wildman–Crippen LogP) is 5.18. The summed E-state index contributed by atoms with van der Waals surface area (Å²) in [5, 5.41) is 0. The SMILES string of the molecule is CCC1CCC(C(C)(C)c2ccccc2)CC1. The first-order valence-electron chi connectivity index (χ1n) is 7.20. The molecule has 94 valence electrons. The zero-order valence-electron chi connectivity index (χ0n) is 11.6. The highest BCUT2D eigenvalue weighted by Gasteiger charge is 2.33. The Morgan fingerprint density at radius 2 is 1.59 bits per heavy atom. The average Bonchev–Trinajstić information content (AvgIpc) is 2.40. The quantitative estimate of drug-likeness (QED) is 0.671. The van der Waals surface area contributed by atoms with Crippen molar-refractivity contribution in [1.82, 2.24) is 0 Å². The van der Waals surface area contributed by atoms with Crippen LogP contribution in [0.1, 0.15) is 58.4 Å². The Balaban J connectivity index is 2.07. The Labute approximate surface area is 106 Å². The zero-order valence-corrected chi connectivity index (χ0v) is 11.6. The van der Waals surface area contributed by atoms with Crippen LogP contribution in [0.25, 0.3) is 0 Å². The summed E-state index contributed by atoms with van der Waals surface area (Å²) < 4.78 is 0. The Morgan fingerprint density at radius 3 is 2.12 bits per heavy atom. The van der Waals surface area contributed by atoms with Crippen molar-refractivity contribution in [3.05, 3.63) is 35.9 Å². The minimum atomic E-state index is 0.347. The van der Waals surface area contributed by atoms with E-state index < -0.39 is 0 Å². The Morgan fingerprint density at radius 1 is 1.00 bits per heavy atom. The fraction of sp³-hybridized carbons (Fsp3) is 0.647. The van der Waals surface area contributed by atoms with E-state index in [4.69, 9.17) is 0 Å². The normalized spacial score (nSPS) is 25.8. The fourth-order valence-corrected chi connectivity index (χ4v) is 3.40. The Hall–Kier alpha value is -0.780. The molecule has 0 unspecified atom stereocenters. The van der Waals surface area contributed by atoms with Crippen molar-refractivity contribution < 1.29 is 0 Å². The maximum atomic E-state index is 2.43. The van der Waals surface area contributed by atoms with Gasteiger partial charge < -0.3 is 0 Å². The van der Waals surface area contributed by atoms with Crippen molar-refractivity contribution in [1.29, 1.82) is 0 Å². The van der Waals surface area contributed by atoms with Crippen LogP contribution in [0, 0.1) is 11.8 Å². The van der Waals surface area contributed by atoms with E-state index in [0.717, 1.165) is 11.8 Å². The molecule has 0 radical (unpaired) electrons. The van der Waals surface area contributed by atoms with Gasteiger partial charge in [0.05, 0.1) is 0 Å². The second kappa shape index (κ2) is 5.25. The van der Waals surface area contributed by atoms with E-state index in [1.165, 1.54) is 37.7 Å². The van der Waals surface area contributed by atoms with E-state index in [2.05, 4.69) is 51.1 Å². The van der Waals surface area contributed by atoms with Gasteiger partial charge in [-0.15, -0.1) is 0 Å². The molecule has 17 heavy (non-hydrogen) atoms. The number of hydrogen-bond donors (Lipinski definition) is 0. The fourth-order valence-electron chi connectivity index (χ4n) is 3.40. The van der Waals surface area contributed by atoms with Crippen molar-refractivity contribution in [3.8, 4) is 0 Å². The van der Waals surface area contributed by atoms with Crippen LogP contribution in [0.3, 0.4) is 0 Å². The minimum Gasteiger partial charge on any atom is -0.0651 e. The van der Waals surface area contributed by atoms with Crippen LogP contribution in [-0.2, 0) is 5.41 Å². The minimum absolute atomic E-state index is 0.347. The summed E-state index contributed by atoms with van der Waals surface area (Å²) in [6.07, 6.45) is 7.09. The summed E-state index contributed by atoms with van der Waals surface area (Å²) in [6, 6.07) is 11.1. The van der Waals surface area contributed by atoms with Gasteiger partial charge in [-0.25, -0.2) is 0 Å². The lowest BCUT2D eigenvalue weighted by molar-refractivity contribution is 0.191. The topological polar surface area (TPSA) is 0 Å². The van der Waals surface area contributed by atoms with Gasteiger partial charge in [0.15, 0.2) is 0 Å². The lowest BCUT2D eigenvalue weighted by Crippen LogP contribution is -2.32. The van der Waals surface area contributed by atoms with Gasteiger partial charge in [0.1, 0.15) is 0 Å². The third kappa shape index (κ3) is 2.73. The van der Waals surface area contributed by atoms with E-state index in [1.807, 2.05) is 0 Å². The Kier molecular flexibility index (Phi) is 3.91. The molecule has 2 rings (SSSR count). The average molecular weight is 230 g/mol. The first kappa shape index (κ1) is 12.7. The van der Waals surface area contributed by atoms with Gasteiger partial charge in [-0.05, 0) is 35.7 Å². The monoisotopic (exact) mass is 230 g/mol. The highest BCUT2D eigenvalue weighted by molar-refractivity contribution is 5.24. The van der Waals surface area contributed by atoms with Crippen LogP contribution in [0.15, 0.2) is 30.3 Å². The van der Waals surface area contributed by atoms with Crippen molar-refractivity contribution in [2.24, 2.45) is 11.8 Å². The van der Waals surface area contributed by atoms with Gasteiger partial charge in [0.2, 0.25) is 0 Å². The summed E-state index contributed by atoms with van der Waals surface area (Å²) in [4.78, 5) is 0. The third-order valence-electron chi connectivity index (χ3n) is 4.96. The molecule has 0 spiro atoms. The molecule has 1 aliphatic rings. The molecule has 0 bridgehead atoms. The van der Waals surface area contributed by atoms with E-state index in [1.54, 1.807) is 0 Å². The zero-order chi connectivity index (χ0) is 12.3. The molecule has 0 heteroatoms. The summed E-state index contributed by atoms with van der Waals surface area (Å²) in [5.74, 6) is 1.87. The molecular weight excluding hydrogens is 204 g/mol. The first-order chi connectivity index (χ1) is 8.14. The summed E-state index contributed by atoms with van der Waals surface area (Å²) in [6.45, 7) is 7.20. The van der Waals surface area contributed by atoms with Gasteiger partial charge >= 0.3 is 0 Å². The second-order valence-electron chi connectivity index (χ2n) is 6.21. The van der Waals surface area contributed by atoms with Crippen molar-refractivity contribution in [3.63, 3.8) is 0 Å². The van der Waals surface area contributed by atoms with Crippen molar-refractivity contribution >= 4 is 0 Å². The maximum Gasteiger partial charge on any atom is -0.00753 e. The lowest BCUT2D eigenvalue weighted by atomic mass is 9.65. The summed E-state index contributed by atoms with van der Waals surface area (Å²) >= 11 is 0. The van der Waals surface area contributed by atoms with Crippen LogP contribution in [0.4, 0.5) is 0 Å². The van der Waals surface area contributed by atoms with Crippen LogP contribution in [-0.4, -0.2) is 0 Å². The molecule has 0 nitrogen and oxygen atoms in total. The van der Waals surface area contributed by atoms with Crippen LogP contribution < -0.4 is 0 Å². The van der Waals surface area contributed by atoms with Crippen molar-refractivity contribution in [2.45, 2.75) is 58.3 Å². The smallest absolute Gasteiger partial charge is 0.00753 e. The molecule has 1 saturated carbocycles. The first-order valence-corrected chi connectivity index (χ1v) is 7.20. The summed E-state index contributed by atoms with van der Waals surface area (Å²) in [7, 11) is 0. The van der Waals surface area contributed by atoms with Gasteiger partial charge in [0, 0.05) is 0 Å². The van der Waals surface area contributed by atoms with Crippen LogP contribution in [0.5, 0.6) is 0 Å². The highest BCUT2D eigenvalue weighted by atomic mass is 14.4. The standard InChI is InChI=1S/C17H26/c1-4-14-10-12-16(13-11-14)17(2,3)15-8-6-5-7-9-15/h5-9,14,16H,4,10-13H2,1-3H3. The van der Waals surface area contributed by atoms with E-state index in [-0.39, 0.29) is 0 Å². The Bertz CT molecular complexity index is 328. The number of hydrogen-bond acceptors (Lipinski definition) is 0. The van der Waals surface area contributed by atoms with E-state index >= 15 is 0 Å². The van der Waals surface area contributed by atoms with E-state index in [9.17, 15) is 0 Å². The van der Waals surface area contributed by atoms with Crippen molar-refractivity contribution in [2.75, 3.05) is 0 Å². The molecule has 0 N–H and O–H groups in total. The predicted molar refractivity (Wildman–Crippen MR) is 75.2 cm³/mol. The number of benzene rings is 1. The van der Waals surface area contributed by atoms with Gasteiger partial charge in [-0.2, -0.15) is 0 Å². The molecule has 0 heterocycles. The largest absolute Gasteiger partial charge is 0.0651 e. The lowest BCUT2D eigenvalue weighted by Gasteiger charge is -2.39. The molecule has 0 aliphatic heterocycles. The second-order valence-corrected chi connectivity index (χ2v) is 6.21. The maximum absolute atomic E-state index is 2.43. The highest BCUT2D eigenvalue weighted by Crippen LogP contribution is 2.42. The molecule has 1 aliphatic carbocycles. The molecule has 0 atom stereocenters. The van der Waals surface area contributed by atoms with Gasteiger partial charge in [-0.1, -0.05) is 70.4 Å². The molecular formula is C17H26. The third-order valence-corrected chi connectivity index (χ3v) is 4.96. The summed E-state index contributed by atoms with van der Waals surface area (Å²) in [5.41, 5.74) is 1.86. The van der Waals surface area contributed by atoms with Gasteiger partial charge in [0.25, 0.3) is 0 Å². The van der Waals surface area contributed by atoms with Gasteiger partial charge in [-0.3, -0.25) is 0 Å². The van der Waals surface area contributed by atoms with Crippen LogP contribution in [0.2, 0.25) is 0 Å². The molecule has 1 aromatic rings.